The maximum Gasteiger partial charge on any atom is 0.158 e. The number of nitrogens with two attached hydrogens (primary N) is 1. The zero-order valence-electron chi connectivity index (χ0n) is 8.78. The fraction of sp³-hybridized carbons (Fsp3) is 0.400. The summed E-state index contributed by atoms with van der Waals surface area (Å²) in [7, 11) is 0. The molecule has 15 heavy (non-hydrogen) atoms. The topological polar surface area (TPSA) is 61.0 Å². The summed E-state index contributed by atoms with van der Waals surface area (Å²) in [6, 6.07) is 2.01. The lowest BCUT2D eigenvalue weighted by Gasteiger charge is -2.01. The van der Waals surface area contributed by atoms with Gasteiger partial charge in [0.25, 0.3) is 0 Å². The first kappa shape index (κ1) is 10.3. The standard InChI is InChI=1S/C10H13N3OS/c1-3-14-5-8-12-9(11)7-4-6(2)15-10(7)13-8/h4H,3,5H2,1-2H3,(H2,11,12,13). The summed E-state index contributed by atoms with van der Waals surface area (Å²) in [5.41, 5.74) is 5.84. The van der Waals surface area contributed by atoms with Crippen molar-refractivity contribution in [1.29, 1.82) is 0 Å². The third kappa shape index (κ3) is 2.08. The quantitative estimate of drug-likeness (QED) is 0.865. The highest BCUT2D eigenvalue weighted by Gasteiger charge is 2.07. The van der Waals surface area contributed by atoms with Crippen molar-refractivity contribution in [2.45, 2.75) is 20.5 Å². The van der Waals surface area contributed by atoms with Gasteiger partial charge in [-0.05, 0) is 19.9 Å². The molecule has 80 valence electrons. The van der Waals surface area contributed by atoms with Gasteiger partial charge in [0.2, 0.25) is 0 Å². The highest BCUT2D eigenvalue weighted by Crippen LogP contribution is 2.26. The molecule has 0 aliphatic rings. The maximum atomic E-state index is 5.84. The Morgan fingerprint density at radius 3 is 3.00 bits per heavy atom. The van der Waals surface area contributed by atoms with Gasteiger partial charge in [0.1, 0.15) is 17.3 Å². The normalized spacial score (nSPS) is 11.1. The van der Waals surface area contributed by atoms with Crippen LogP contribution >= 0.6 is 11.3 Å². The first-order valence-corrected chi connectivity index (χ1v) is 5.62. The Morgan fingerprint density at radius 2 is 2.27 bits per heavy atom. The van der Waals surface area contributed by atoms with E-state index in [2.05, 4.69) is 9.97 Å². The summed E-state index contributed by atoms with van der Waals surface area (Å²) >= 11 is 1.63. The molecule has 0 spiro atoms. The SMILES string of the molecule is CCOCc1nc(N)c2cc(C)sc2n1. The van der Waals surface area contributed by atoms with Crippen LogP contribution < -0.4 is 5.73 Å². The molecule has 4 nitrogen and oxygen atoms in total. The summed E-state index contributed by atoms with van der Waals surface area (Å²) in [4.78, 5) is 10.7. The summed E-state index contributed by atoms with van der Waals surface area (Å²) in [6.45, 7) is 5.06. The Bertz CT molecular complexity index is 481. The fourth-order valence-electron chi connectivity index (χ4n) is 1.37. The van der Waals surface area contributed by atoms with Gasteiger partial charge in [-0.15, -0.1) is 11.3 Å². The number of rotatable bonds is 3. The van der Waals surface area contributed by atoms with Crippen molar-refractivity contribution >= 4 is 27.4 Å². The average Bonchev–Trinajstić information content (AvgIpc) is 2.56. The van der Waals surface area contributed by atoms with E-state index in [4.69, 9.17) is 10.5 Å². The van der Waals surface area contributed by atoms with Crippen LogP contribution in [0.3, 0.4) is 0 Å². The average molecular weight is 223 g/mol. The maximum absolute atomic E-state index is 5.84. The summed E-state index contributed by atoms with van der Waals surface area (Å²) in [6.07, 6.45) is 0. The molecule has 2 aromatic heterocycles. The number of anilines is 1. The number of aromatic nitrogens is 2. The predicted octanol–water partition coefficient (Wildman–Crippen LogP) is 2.12. The highest BCUT2D eigenvalue weighted by atomic mass is 32.1. The number of nitrogen functional groups attached to an aromatic ring is 1. The van der Waals surface area contributed by atoms with Crippen molar-refractivity contribution in [3.05, 3.63) is 16.8 Å². The molecule has 0 bridgehead atoms. The van der Waals surface area contributed by atoms with Gasteiger partial charge in [-0.25, -0.2) is 9.97 Å². The molecule has 0 amide bonds. The number of aryl methyl sites for hydroxylation is 1. The van der Waals surface area contributed by atoms with Gasteiger partial charge in [-0.1, -0.05) is 0 Å². The van der Waals surface area contributed by atoms with E-state index in [9.17, 15) is 0 Å². The second-order valence-electron chi connectivity index (χ2n) is 3.24. The van der Waals surface area contributed by atoms with Gasteiger partial charge in [0.05, 0.1) is 5.39 Å². The molecule has 5 heteroatoms. The molecule has 0 saturated heterocycles. The molecule has 0 radical (unpaired) electrons. The Hall–Kier alpha value is -1.20. The van der Waals surface area contributed by atoms with Crippen LogP contribution in [-0.2, 0) is 11.3 Å². The molecule has 0 atom stereocenters. The predicted molar refractivity (Wildman–Crippen MR) is 61.9 cm³/mol. The van der Waals surface area contributed by atoms with Crippen molar-refractivity contribution in [3.63, 3.8) is 0 Å². The Balaban J connectivity index is 2.42. The minimum Gasteiger partial charge on any atom is -0.383 e. The Morgan fingerprint density at radius 1 is 1.47 bits per heavy atom. The van der Waals surface area contributed by atoms with Gasteiger partial charge in [-0.2, -0.15) is 0 Å². The van der Waals surface area contributed by atoms with Crippen molar-refractivity contribution in [2.24, 2.45) is 0 Å². The van der Waals surface area contributed by atoms with Gasteiger partial charge < -0.3 is 10.5 Å². The van der Waals surface area contributed by atoms with Gasteiger partial charge in [-0.3, -0.25) is 0 Å². The third-order valence-corrected chi connectivity index (χ3v) is 2.97. The molecule has 2 aromatic rings. The van der Waals surface area contributed by atoms with Crippen molar-refractivity contribution in [3.8, 4) is 0 Å². The molecule has 0 aliphatic heterocycles. The lowest BCUT2D eigenvalue weighted by Crippen LogP contribution is -2.02. The Labute approximate surface area is 92.1 Å². The van der Waals surface area contributed by atoms with Crippen molar-refractivity contribution < 1.29 is 4.74 Å². The zero-order chi connectivity index (χ0) is 10.8. The lowest BCUT2D eigenvalue weighted by atomic mass is 10.3. The Kier molecular flexibility index (Phi) is 2.83. The summed E-state index contributed by atoms with van der Waals surface area (Å²) in [5, 5.41) is 0.942. The van der Waals surface area contributed by atoms with E-state index in [1.807, 2.05) is 19.9 Å². The largest absolute Gasteiger partial charge is 0.383 e. The molecule has 0 fully saturated rings. The molecular weight excluding hydrogens is 210 g/mol. The van der Waals surface area contributed by atoms with Gasteiger partial charge >= 0.3 is 0 Å². The molecule has 2 N–H and O–H groups in total. The first-order valence-electron chi connectivity index (χ1n) is 4.81. The van der Waals surface area contributed by atoms with E-state index >= 15 is 0 Å². The van der Waals surface area contributed by atoms with Gasteiger partial charge in [0.15, 0.2) is 5.82 Å². The zero-order valence-corrected chi connectivity index (χ0v) is 9.60. The molecular formula is C10H13N3OS. The number of ether oxygens (including phenoxy) is 1. The minimum atomic E-state index is 0.424. The van der Waals surface area contributed by atoms with E-state index in [-0.39, 0.29) is 0 Å². The van der Waals surface area contributed by atoms with Crippen LogP contribution in [0, 0.1) is 6.92 Å². The molecule has 2 rings (SSSR count). The van der Waals surface area contributed by atoms with Crippen LogP contribution in [0.2, 0.25) is 0 Å². The molecule has 0 aliphatic carbocycles. The lowest BCUT2D eigenvalue weighted by molar-refractivity contribution is 0.128. The number of thiophene rings is 1. The first-order chi connectivity index (χ1) is 7.20. The third-order valence-electron chi connectivity index (χ3n) is 2.03. The summed E-state index contributed by atoms with van der Waals surface area (Å²) in [5.74, 6) is 1.20. The van der Waals surface area contributed by atoms with E-state index < -0.39 is 0 Å². The van der Waals surface area contributed by atoms with Crippen LogP contribution in [0.1, 0.15) is 17.6 Å². The number of hydrogen-bond donors (Lipinski definition) is 1. The van der Waals surface area contributed by atoms with E-state index in [0.717, 1.165) is 10.2 Å². The van der Waals surface area contributed by atoms with Crippen LogP contribution in [-0.4, -0.2) is 16.6 Å². The number of hydrogen-bond acceptors (Lipinski definition) is 5. The van der Waals surface area contributed by atoms with Crippen LogP contribution in [0.15, 0.2) is 6.07 Å². The minimum absolute atomic E-state index is 0.424. The van der Waals surface area contributed by atoms with Gasteiger partial charge in [0, 0.05) is 11.5 Å². The molecule has 0 aromatic carbocycles. The van der Waals surface area contributed by atoms with E-state index in [1.54, 1.807) is 11.3 Å². The second kappa shape index (κ2) is 4.12. The van der Waals surface area contributed by atoms with Crippen LogP contribution in [0.4, 0.5) is 5.82 Å². The van der Waals surface area contributed by atoms with E-state index in [0.29, 0.717) is 24.9 Å². The molecule has 0 saturated carbocycles. The smallest absolute Gasteiger partial charge is 0.158 e. The van der Waals surface area contributed by atoms with Crippen LogP contribution in [0.5, 0.6) is 0 Å². The monoisotopic (exact) mass is 223 g/mol. The van der Waals surface area contributed by atoms with Crippen molar-refractivity contribution in [1.82, 2.24) is 9.97 Å². The number of fused-ring (bicyclic) bond motifs is 1. The summed E-state index contributed by atoms with van der Waals surface area (Å²) < 4.78 is 5.25. The second-order valence-corrected chi connectivity index (χ2v) is 4.47. The molecule has 0 unspecified atom stereocenters. The van der Waals surface area contributed by atoms with Crippen LogP contribution in [0.25, 0.3) is 10.2 Å². The molecule has 2 heterocycles. The number of nitrogens with zero attached hydrogens (tertiary/aromatic N) is 2. The van der Waals surface area contributed by atoms with Crippen molar-refractivity contribution in [2.75, 3.05) is 12.3 Å². The fourth-order valence-corrected chi connectivity index (χ4v) is 2.27. The highest BCUT2D eigenvalue weighted by molar-refractivity contribution is 7.18. The van der Waals surface area contributed by atoms with E-state index in [1.165, 1.54) is 4.88 Å².